The first kappa shape index (κ1) is 20.9. The molecule has 2 aromatic rings. The second kappa shape index (κ2) is 8.08. The van der Waals surface area contributed by atoms with Crippen LogP contribution in [0.3, 0.4) is 0 Å². The number of methoxy groups -OCH3 is 1. The second-order valence-corrected chi connectivity index (χ2v) is 8.46. The van der Waals surface area contributed by atoms with Crippen LogP contribution in [0.2, 0.25) is 0 Å². The van der Waals surface area contributed by atoms with Crippen LogP contribution in [0.25, 0.3) is 11.3 Å². The number of benzene rings is 1. The summed E-state index contributed by atoms with van der Waals surface area (Å²) in [6.45, 7) is 3.60. The van der Waals surface area contributed by atoms with Gasteiger partial charge in [0.25, 0.3) is 11.8 Å². The lowest BCUT2D eigenvalue weighted by Gasteiger charge is -2.45. The quantitative estimate of drug-likeness (QED) is 0.716. The summed E-state index contributed by atoms with van der Waals surface area (Å²) >= 11 is 0. The van der Waals surface area contributed by atoms with E-state index in [1.807, 2.05) is 29.2 Å². The van der Waals surface area contributed by atoms with Crippen LogP contribution in [-0.2, 0) is 16.1 Å². The zero-order valence-corrected chi connectivity index (χ0v) is 17.9. The number of nitrogens with two attached hydrogens (primary N) is 2. The standard InChI is InChI=1S/C23H27N5O3/c1-3-4-18(29)27-10-9-23(14-27)11-17(12-23)28-21(24)19(22(25)30)20(26-28)16-7-5-15(6-8-16)13-31-2/h5-8,17H,9-14,24H2,1-2H3,(H2,25,30). The molecule has 2 aliphatic rings. The summed E-state index contributed by atoms with van der Waals surface area (Å²) in [4.78, 5) is 26.1. The van der Waals surface area contributed by atoms with E-state index in [0.29, 0.717) is 24.7 Å². The summed E-state index contributed by atoms with van der Waals surface area (Å²) in [5.41, 5.74) is 14.6. The van der Waals surface area contributed by atoms with Crippen molar-refractivity contribution in [2.45, 2.75) is 38.8 Å². The van der Waals surface area contributed by atoms with E-state index >= 15 is 0 Å². The Balaban J connectivity index is 1.55. The number of anilines is 1. The molecule has 1 aromatic carbocycles. The molecule has 1 saturated carbocycles. The first-order chi connectivity index (χ1) is 14.9. The highest BCUT2D eigenvalue weighted by atomic mass is 16.5. The van der Waals surface area contributed by atoms with E-state index in [1.54, 1.807) is 18.7 Å². The summed E-state index contributed by atoms with van der Waals surface area (Å²) < 4.78 is 6.88. The average molecular weight is 422 g/mol. The third kappa shape index (κ3) is 3.77. The van der Waals surface area contributed by atoms with E-state index in [1.165, 1.54) is 0 Å². The predicted molar refractivity (Wildman–Crippen MR) is 117 cm³/mol. The van der Waals surface area contributed by atoms with Gasteiger partial charge in [0.15, 0.2) is 0 Å². The molecule has 0 radical (unpaired) electrons. The summed E-state index contributed by atoms with van der Waals surface area (Å²) in [5.74, 6) is 4.88. The summed E-state index contributed by atoms with van der Waals surface area (Å²) in [6, 6.07) is 7.72. The zero-order chi connectivity index (χ0) is 22.2. The monoisotopic (exact) mass is 421 g/mol. The van der Waals surface area contributed by atoms with E-state index in [-0.39, 0.29) is 22.9 Å². The number of aromatic nitrogens is 2. The van der Waals surface area contributed by atoms with Crippen LogP contribution < -0.4 is 11.5 Å². The normalized spacial score (nSPS) is 22.1. The molecule has 4 rings (SSSR count). The van der Waals surface area contributed by atoms with Crippen molar-refractivity contribution in [3.63, 3.8) is 0 Å². The molecule has 1 aliphatic carbocycles. The van der Waals surface area contributed by atoms with E-state index in [9.17, 15) is 9.59 Å². The molecule has 2 heterocycles. The van der Waals surface area contributed by atoms with Gasteiger partial charge in [0, 0.05) is 25.8 Å². The van der Waals surface area contributed by atoms with Crippen LogP contribution >= 0.6 is 0 Å². The number of likely N-dealkylation sites (tertiary alicyclic amines) is 1. The number of carbonyl (C=O) groups is 2. The van der Waals surface area contributed by atoms with Crippen LogP contribution in [0, 0.1) is 17.3 Å². The smallest absolute Gasteiger partial charge is 0.298 e. The maximum Gasteiger partial charge on any atom is 0.298 e. The Bertz CT molecular complexity index is 1070. The molecule has 4 N–H and O–H groups in total. The number of rotatable bonds is 5. The molecule has 0 unspecified atom stereocenters. The van der Waals surface area contributed by atoms with Crippen molar-refractivity contribution < 1.29 is 14.3 Å². The molecular formula is C23H27N5O3. The highest BCUT2D eigenvalue weighted by Crippen LogP contribution is 2.54. The van der Waals surface area contributed by atoms with E-state index in [4.69, 9.17) is 21.3 Å². The first-order valence-electron chi connectivity index (χ1n) is 10.3. The predicted octanol–water partition coefficient (Wildman–Crippen LogP) is 1.95. The minimum Gasteiger partial charge on any atom is -0.383 e. The van der Waals surface area contributed by atoms with Gasteiger partial charge in [-0.15, -0.1) is 0 Å². The fourth-order valence-corrected chi connectivity index (χ4v) is 4.84. The van der Waals surface area contributed by atoms with Gasteiger partial charge in [-0.1, -0.05) is 30.2 Å². The van der Waals surface area contributed by atoms with E-state index in [2.05, 4.69) is 11.8 Å². The molecule has 1 aliphatic heterocycles. The van der Waals surface area contributed by atoms with Gasteiger partial charge in [-0.2, -0.15) is 5.10 Å². The van der Waals surface area contributed by atoms with Crippen molar-refractivity contribution in [1.29, 1.82) is 0 Å². The Morgan fingerprint density at radius 2 is 2.00 bits per heavy atom. The van der Waals surface area contributed by atoms with Crippen molar-refractivity contribution in [3.05, 3.63) is 35.4 Å². The Kier molecular flexibility index (Phi) is 5.46. The highest BCUT2D eigenvalue weighted by Gasteiger charge is 2.51. The van der Waals surface area contributed by atoms with Crippen LogP contribution in [-0.4, -0.2) is 46.7 Å². The third-order valence-electron chi connectivity index (χ3n) is 6.37. The number of nitrogen functional groups attached to an aromatic ring is 1. The van der Waals surface area contributed by atoms with Crippen molar-refractivity contribution in [2.75, 3.05) is 25.9 Å². The van der Waals surface area contributed by atoms with Gasteiger partial charge in [-0.05, 0) is 43.1 Å². The Morgan fingerprint density at radius 1 is 1.29 bits per heavy atom. The number of nitrogens with zero attached hydrogens (tertiary/aromatic N) is 3. The first-order valence-corrected chi connectivity index (χ1v) is 10.3. The van der Waals surface area contributed by atoms with E-state index in [0.717, 1.165) is 36.9 Å². The van der Waals surface area contributed by atoms with Crippen molar-refractivity contribution in [2.24, 2.45) is 11.1 Å². The lowest BCUT2D eigenvalue weighted by Crippen LogP contribution is -2.42. The van der Waals surface area contributed by atoms with Gasteiger partial charge in [0.05, 0.1) is 12.6 Å². The SMILES string of the molecule is CC#CC(=O)N1CCC2(CC(n3nc(-c4ccc(COC)cc4)c(C(N)=O)c3N)C2)C1. The maximum absolute atomic E-state index is 12.2. The molecule has 2 amide bonds. The number of ether oxygens (including phenoxy) is 1. The van der Waals surface area contributed by atoms with Crippen molar-refractivity contribution in [1.82, 2.24) is 14.7 Å². The topological polar surface area (TPSA) is 116 Å². The largest absolute Gasteiger partial charge is 0.383 e. The zero-order valence-electron chi connectivity index (χ0n) is 17.9. The van der Waals surface area contributed by atoms with Gasteiger partial charge in [0.1, 0.15) is 17.1 Å². The molecule has 8 nitrogen and oxygen atoms in total. The number of hydrogen-bond acceptors (Lipinski definition) is 5. The summed E-state index contributed by atoms with van der Waals surface area (Å²) in [7, 11) is 1.64. The van der Waals surface area contributed by atoms with Gasteiger partial charge in [-0.25, -0.2) is 4.68 Å². The number of carbonyl (C=O) groups excluding carboxylic acids is 2. The molecular weight excluding hydrogens is 394 g/mol. The molecule has 8 heteroatoms. The molecule has 1 spiro atoms. The molecule has 1 aromatic heterocycles. The third-order valence-corrected chi connectivity index (χ3v) is 6.37. The molecule has 1 saturated heterocycles. The molecule has 31 heavy (non-hydrogen) atoms. The number of hydrogen-bond donors (Lipinski definition) is 2. The summed E-state index contributed by atoms with van der Waals surface area (Å²) in [5, 5.41) is 4.69. The van der Waals surface area contributed by atoms with Gasteiger partial charge in [0.2, 0.25) is 0 Å². The van der Waals surface area contributed by atoms with Crippen LogP contribution in [0.1, 0.15) is 48.1 Å². The van der Waals surface area contributed by atoms with Crippen molar-refractivity contribution >= 4 is 17.6 Å². The Hall–Kier alpha value is -3.31. The molecule has 162 valence electrons. The lowest BCUT2D eigenvalue weighted by molar-refractivity contribution is -0.125. The fourth-order valence-electron chi connectivity index (χ4n) is 4.84. The average Bonchev–Trinajstić information content (AvgIpc) is 3.30. The number of primary amides is 1. The minimum atomic E-state index is -0.593. The molecule has 0 bridgehead atoms. The maximum atomic E-state index is 12.2. The Labute approximate surface area is 181 Å². The molecule has 2 fully saturated rings. The highest BCUT2D eigenvalue weighted by molar-refractivity contribution is 6.03. The van der Waals surface area contributed by atoms with Crippen LogP contribution in [0.4, 0.5) is 5.82 Å². The minimum absolute atomic E-state index is 0.0724. The van der Waals surface area contributed by atoms with Crippen LogP contribution in [0.15, 0.2) is 24.3 Å². The fraction of sp³-hybridized carbons (Fsp3) is 0.435. The second-order valence-electron chi connectivity index (χ2n) is 8.46. The lowest BCUT2D eigenvalue weighted by atomic mass is 9.65. The van der Waals surface area contributed by atoms with Gasteiger partial charge < -0.3 is 21.1 Å². The van der Waals surface area contributed by atoms with Crippen molar-refractivity contribution in [3.8, 4) is 23.1 Å². The van der Waals surface area contributed by atoms with Gasteiger partial charge >= 0.3 is 0 Å². The van der Waals surface area contributed by atoms with Crippen LogP contribution in [0.5, 0.6) is 0 Å². The summed E-state index contributed by atoms with van der Waals surface area (Å²) in [6.07, 6.45) is 2.65. The Morgan fingerprint density at radius 3 is 2.61 bits per heavy atom. The van der Waals surface area contributed by atoms with E-state index < -0.39 is 5.91 Å². The molecule has 0 atom stereocenters. The van der Waals surface area contributed by atoms with Gasteiger partial charge in [-0.3, -0.25) is 9.59 Å². The number of amides is 2.